The second-order valence-corrected chi connectivity index (χ2v) is 10.8. The lowest BCUT2D eigenvalue weighted by atomic mass is 9.84. The van der Waals surface area contributed by atoms with Gasteiger partial charge < -0.3 is 72.5 Å². The summed E-state index contributed by atoms with van der Waals surface area (Å²) in [6.07, 6.45) is -14.3. The standard InChI is InChI=1S/C21H42N4O10S/c1-2-3-36-6-10-12(26)11(25)14(28)20(33-10)34-18-7(23)4-8(24)19(17(18)31)35-21-16(30)15(29)13(27)9(5-22)32-21/h7-21,26-31H,2-6,22-25H2,1H3/t7?,8-,9?,10?,11?,12+,13+,14-,15?,16?,17?,18-,19?,20+,21+/m0/s1. The number of rotatable bonds is 9. The van der Waals surface area contributed by atoms with Crippen molar-refractivity contribution in [1.29, 1.82) is 0 Å². The Labute approximate surface area is 214 Å². The summed E-state index contributed by atoms with van der Waals surface area (Å²) in [5.41, 5.74) is 24.0. The molecule has 14 nitrogen and oxygen atoms in total. The van der Waals surface area contributed by atoms with Crippen molar-refractivity contribution in [3.63, 3.8) is 0 Å². The molecule has 15 atom stereocenters. The zero-order valence-electron chi connectivity index (χ0n) is 20.2. The third-order valence-electron chi connectivity index (χ3n) is 6.93. The first-order valence-corrected chi connectivity index (χ1v) is 13.4. The summed E-state index contributed by atoms with van der Waals surface area (Å²) < 4.78 is 23.0. The first kappa shape index (κ1) is 30.3. The quantitative estimate of drug-likeness (QED) is 0.122. The normalized spacial score (nSPS) is 50.2. The molecule has 0 radical (unpaired) electrons. The molecular weight excluding hydrogens is 500 g/mol. The van der Waals surface area contributed by atoms with E-state index in [1.165, 1.54) is 0 Å². The summed E-state index contributed by atoms with van der Waals surface area (Å²) in [6, 6.07) is -2.62. The van der Waals surface area contributed by atoms with Crippen molar-refractivity contribution >= 4 is 11.8 Å². The Morgan fingerprint density at radius 2 is 1.31 bits per heavy atom. The van der Waals surface area contributed by atoms with Crippen LogP contribution in [-0.2, 0) is 18.9 Å². The molecule has 15 heteroatoms. The molecular formula is C21H42N4O10S. The van der Waals surface area contributed by atoms with Gasteiger partial charge in [0.2, 0.25) is 0 Å². The van der Waals surface area contributed by atoms with E-state index in [0.29, 0.717) is 5.75 Å². The summed E-state index contributed by atoms with van der Waals surface area (Å²) in [5.74, 6) is 1.28. The third kappa shape index (κ3) is 6.50. The Bertz CT molecular complexity index is 687. The minimum atomic E-state index is -1.64. The lowest BCUT2D eigenvalue weighted by molar-refractivity contribution is -0.330. The fourth-order valence-corrected chi connectivity index (χ4v) is 5.69. The molecule has 3 aliphatic rings. The van der Waals surface area contributed by atoms with Crippen LogP contribution in [0.15, 0.2) is 0 Å². The molecule has 2 saturated heterocycles. The van der Waals surface area contributed by atoms with E-state index in [2.05, 4.69) is 0 Å². The molecule has 1 saturated carbocycles. The molecule has 0 spiro atoms. The molecule has 3 fully saturated rings. The van der Waals surface area contributed by atoms with Crippen molar-refractivity contribution in [2.24, 2.45) is 22.9 Å². The minimum absolute atomic E-state index is 0.133. The number of hydrogen-bond donors (Lipinski definition) is 10. The van der Waals surface area contributed by atoms with E-state index in [1.54, 1.807) is 11.8 Å². The lowest BCUT2D eigenvalue weighted by Gasteiger charge is -2.48. The number of nitrogens with two attached hydrogens (primary N) is 4. The highest BCUT2D eigenvalue weighted by molar-refractivity contribution is 7.99. The van der Waals surface area contributed by atoms with Crippen LogP contribution in [0.3, 0.4) is 0 Å². The molecule has 212 valence electrons. The summed E-state index contributed by atoms with van der Waals surface area (Å²) in [5, 5.41) is 62.6. The van der Waals surface area contributed by atoms with Gasteiger partial charge in [-0.3, -0.25) is 0 Å². The van der Waals surface area contributed by atoms with E-state index in [-0.39, 0.29) is 13.0 Å². The van der Waals surface area contributed by atoms with E-state index in [4.69, 9.17) is 41.9 Å². The van der Waals surface area contributed by atoms with Crippen LogP contribution in [0, 0.1) is 0 Å². The Balaban J connectivity index is 1.70. The molecule has 0 bridgehead atoms. The number of ether oxygens (including phenoxy) is 4. The van der Waals surface area contributed by atoms with Gasteiger partial charge in [0.1, 0.15) is 48.8 Å². The summed E-state index contributed by atoms with van der Waals surface area (Å²) in [6.45, 7) is 1.87. The topological polar surface area (TPSA) is 262 Å². The predicted octanol–water partition coefficient (Wildman–Crippen LogP) is -5.14. The highest BCUT2D eigenvalue weighted by Gasteiger charge is 2.51. The Morgan fingerprint density at radius 3 is 1.86 bits per heavy atom. The lowest BCUT2D eigenvalue weighted by Crippen LogP contribution is -2.68. The van der Waals surface area contributed by atoms with Gasteiger partial charge in [-0.05, 0) is 18.6 Å². The second-order valence-electron chi connectivity index (χ2n) is 9.68. The van der Waals surface area contributed by atoms with Gasteiger partial charge in [-0.25, -0.2) is 0 Å². The fraction of sp³-hybridized carbons (Fsp3) is 1.00. The van der Waals surface area contributed by atoms with Crippen molar-refractivity contribution in [2.75, 3.05) is 18.1 Å². The molecule has 0 aromatic carbocycles. The number of aliphatic hydroxyl groups excluding tert-OH is 6. The SMILES string of the molecule is CCCSCC1O[C@H](O[C@H]2C(N)C[C@H](N)C(O[C@H]3OC(CN)[C@@H](O)C(O)C3O)C2O)[C@@H](O)C(N)[C@@H]1O. The molecule has 0 aromatic heterocycles. The molecule has 14 N–H and O–H groups in total. The maximum Gasteiger partial charge on any atom is 0.187 e. The Morgan fingerprint density at radius 1 is 0.750 bits per heavy atom. The average molecular weight is 543 g/mol. The molecule has 3 rings (SSSR count). The zero-order chi connectivity index (χ0) is 26.7. The molecule has 1 aliphatic carbocycles. The van der Waals surface area contributed by atoms with Crippen LogP contribution in [0.4, 0.5) is 0 Å². The number of aliphatic hydroxyl groups is 6. The molecule has 0 aromatic rings. The first-order valence-electron chi connectivity index (χ1n) is 12.3. The van der Waals surface area contributed by atoms with Gasteiger partial charge in [0, 0.05) is 24.4 Å². The van der Waals surface area contributed by atoms with Crippen LogP contribution in [0.1, 0.15) is 19.8 Å². The molecule has 36 heavy (non-hydrogen) atoms. The summed E-state index contributed by atoms with van der Waals surface area (Å²) >= 11 is 1.57. The molecule has 2 heterocycles. The molecule has 8 unspecified atom stereocenters. The predicted molar refractivity (Wildman–Crippen MR) is 128 cm³/mol. The first-order chi connectivity index (χ1) is 17.0. The minimum Gasteiger partial charge on any atom is -0.389 e. The Kier molecular flexibility index (Phi) is 11.1. The van der Waals surface area contributed by atoms with E-state index in [0.717, 1.165) is 12.2 Å². The van der Waals surface area contributed by atoms with Gasteiger partial charge in [-0.15, -0.1) is 0 Å². The van der Waals surface area contributed by atoms with Gasteiger partial charge >= 0.3 is 0 Å². The average Bonchev–Trinajstić information content (AvgIpc) is 2.85. The number of hydrogen-bond acceptors (Lipinski definition) is 15. The van der Waals surface area contributed by atoms with Crippen LogP contribution in [0.5, 0.6) is 0 Å². The smallest absolute Gasteiger partial charge is 0.187 e. The monoisotopic (exact) mass is 542 g/mol. The van der Waals surface area contributed by atoms with E-state index in [9.17, 15) is 30.6 Å². The van der Waals surface area contributed by atoms with Gasteiger partial charge in [-0.2, -0.15) is 11.8 Å². The highest BCUT2D eigenvalue weighted by Crippen LogP contribution is 2.31. The van der Waals surface area contributed by atoms with Crippen molar-refractivity contribution < 1.29 is 49.6 Å². The Hall–Kier alpha value is -0.210. The van der Waals surface area contributed by atoms with Crippen LogP contribution < -0.4 is 22.9 Å². The van der Waals surface area contributed by atoms with Crippen molar-refractivity contribution in [3.05, 3.63) is 0 Å². The van der Waals surface area contributed by atoms with Crippen molar-refractivity contribution in [2.45, 2.75) is 112 Å². The van der Waals surface area contributed by atoms with Gasteiger partial charge in [-0.1, -0.05) is 6.92 Å². The summed E-state index contributed by atoms with van der Waals surface area (Å²) in [7, 11) is 0. The van der Waals surface area contributed by atoms with Gasteiger partial charge in [0.15, 0.2) is 12.6 Å². The zero-order valence-corrected chi connectivity index (χ0v) is 21.0. The fourth-order valence-electron chi connectivity index (χ4n) is 4.73. The van der Waals surface area contributed by atoms with Crippen molar-refractivity contribution in [1.82, 2.24) is 0 Å². The van der Waals surface area contributed by atoms with Gasteiger partial charge in [0.05, 0.1) is 18.2 Å². The van der Waals surface area contributed by atoms with E-state index < -0.39 is 91.7 Å². The third-order valence-corrected chi connectivity index (χ3v) is 8.19. The van der Waals surface area contributed by atoms with E-state index in [1.807, 2.05) is 6.92 Å². The van der Waals surface area contributed by atoms with Crippen molar-refractivity contribution in [3.8, 4) is 0 Å². The summed E-state index contributed by atoms with van der Waals surface area (Å²) in [4.78, 5) is 0. The highest BCUT2D eigenvalue weighted by atomic mass is 32.2. The van der Waals surface area contributed by atoms with Crippen LogP contribution in [0.25, 0.3) is 0 Å². The van der Waals surface area contributed by atoms with Crippen LogP contribution in [0.2, 0.25) is 0 Å². The maximum atomic E-state index is 11.1. The van der Waals surface area contributed by atoms with E-state index >= 15 is 0 Å². The number of thioether (sulfide) groups is 1. The largest absolute Gasteiger partial charge is 0.389 e. The van der Waals surface area contributed by atoms with Crippen LogP contribution in [-0.4, -0.2) is 140 Å². The molecule has 0 amide bonds. The van der Waals surface area contributed by atoms with Crippen LogP contribution >= 0.6 is 11.8 Å². The maximum absolute atomic E-state index is 11.1. The second kappa shape index (κ2) is 13.2. The van der Waals surface area contributed by atoms with Gasteiger partial charge in [0.25, 0.3) is 0 Å². The molecule has 2 aliphatic heterocycles.